The Morgan fingerprint density at radius 1 is 1.43 bits per heavy atom. The van der Waals surface area contributed by atoms with Crippen molar-refractivity contribution in [3.8, 4) is 0 Å². The fraction of sp³-hybridized carbons (Fsp3) is 0.333. The van der Waals surface area contributed by atoms with E-state index in [-0.39, 0.29) is 5.78 Å². The summed E-state index contributed by atoms with van der Waals surface area (Å²) in [6, 6.07) is 0. The molecule has 1 aliphatic carbocycles. The first-order valence-corrected chi connectivity index (χ1v) is 2.28. The van der Waals surface area contributed by atoms with Gasteiger partial charge in [-0.1, -0.05) is 6.08 Å². The smallest absolute Gasteiger partial charge is 0.169 e. The largest absolute Gasteiger partial charge is 0.294 e. The van der Waals surface area contributed by atoms with Gasteiger partial charge in [0, 0.05) is 0 Å². The molecule has 7 heavy (non-hydrogen) atoms. The molecule has 1 radical (unpaired) electrons. The van der Waals surface area contributed by atoms with E-state index in [0.29, 0.717) is 0 Å². The molecule has 0 aromatic heterocycles. The van der Waals surface area contributed by atoms with Gasteiger partial charge in [0.05, 0.1) is 5.92 Å². The lowest BCUT2D eigenvalue weighted by atomic mass is 9.88. The molecule has 1 nitrogen and oxygen atoms in total. The van der Waals surface area contributed by atoms with Crippen LogP contribution in [0.4, 0.5) is 0 Å². The summed E-state index contributed by atoms with van der Waals surface area (Å²) in [6.45, 7) is 3.66. The van der Waals surface area contributed by atoms with Gasteiger partial charge in [-0.25, -0.2) is 0 Å². The third-order valence-electron chi connectivity index (χ3n) is 1.15. The van der Waals surface area contributed by atoms with Crippen LogP contribution in [0, 0.1) is 5.92 Å². The van der Waals surface area contributed by atoms with E-state index in [4.69, 9.17) is 0 Å². The van der Waals surface area contributed by atoms with Crippen LogP contribution in [0.1, 0.15) is 13.8 Å². The Morgan fingerprint density at radius 3 is 2.00 bits per heavy atom. The number of ketones is 1. The second-order valence-corrected chi connectivity index (χ2v) is 1.84. The number of carbonyl (C=O) groups is 1. The van der Waals surface area contributed by atoms with Gasteiger partial charge in [-0.15, -0.1) is 0 Å². The summed E-state index contributed by atoms with van der Waals surface area (Å²) in [7, 11) is 0. The Morgan fingerprint density at radius 2 is 2.00 bits per heavy atom. The highest BCUT2D eigenvalue weighted by molar-refractivity contribution is 6.13. The predicted molar refractivity (Wildman–Crippen MR) is 27.7 cm³/mol. The van der Waals surface area contributed by atoms with Crippen LogP contribution in [0.25, 0.3) is 0 Å². The van der Waals surface area contributed by atoms with E-state index in [1.807, 2.05) is 19.9 Å². The van der Waals surface area contributed by atoms with E-state index in [2.05, 4.69) is 0 Å². The van der Waals surface area contributed by atoms with Crippen molar-refractivity contribution in [2.45, 2.75) is 13.8 Å². The van der Waals surface area contributed by atoms with Crippen LogP contribution in [-0.2, 0) is 4.79 Å². The maximum atomic E-state index is 10.5. The zero-order chi connectivity index (χ0) is 5.44. The van der Waals surface area contributed by atoms with Crippen molar-refractivity contribution in [3.05, 3.63) is 17.6 Å². The van der Waals surface area contributed by atoms with Crippen molar-refractivity contribution in [2.75, 3.05) is 0 Å². The molecule has 0 spiro atoms. The van der Waals surface area contributed by atoms with Crippen LogP contribution >= 0.6 is 0 Å². The number of hydrogen-bond acceptors (Lipinski definition) is 1. The molecule has 0 amide bonds. The predicted octanol–water partition coefficient (Wildman–Crippen LogP) is 1.11. The third kappa shape index (κ3) is 0.483. The molecule has 0 aliphatic heterocycles. The lowest BCUT2D eigenvalue weighted by Gasteiger charge is -2.14. The summed E-state index contributed by atoms with van der Waals surface area (Å²) in [6.07, 6.45) is 1.89. The molecule has 0 saturated carbocycles. The molecule has 37 valence electrons. The van der Waals surface area contributed by atoms with Crippen molar-refractivity contribution in [2.24, 2.45) is 0 Å². The summed E-state index contributed by atoms with van der Waals surface area (Å²) in [5.74, 6) is 1.11. The first kappa shape index (κ1) is 4.57. The molecule has 1 heteroatoms. The Kier molecular flexibility index (Phi) is 0.775. The van der Waals surface area contributed by atoms with E-state index in [1.165, 1.54) is 0 Å². The molecule has 0 bridgehead atoms. The Labute approximate surface area is 43.0 Å². The molecule has 0 fully saturated rings. The molecule has 0 aromatic rings. The van der Waals surface area contributed by atoms with Crippen LogP contribution in [-0.4, -0.2) is 5.78 Å². The molecular weight excluding hydrogens is 88.1 g/mol. The standard InChI is InChI=1S/C6H7O/c1-4-3-5(2)6(4)7/h3H,1-2H3. The topological polar surface area (TPSA) is 17.1 Å². The van der Waals surface area contributed by atoms with Crippen LogP contribution in [0.2, 0.25) is 0 Å². The van der Waals surface area contributed by atoms with Crippen molar-refractivity contribution < 1.29 is 4.79 Å². The molecule has 0 heterocycles. The minimum atomic E-state index is 0.222. The van der Waals surface area contributed by atoms with E-state index in [0.717, 1.165) is 11.5 Å². The maximum Gasteiger partial charge on any atom is 0.169 e. The van der Waals surface area contributed by atoms with Crippen molar-refractivity contribution in [1.29, 1.82) is 0 Å². The number of rotatable bonds is 0. The number of allylic oxidation sites excluding steroid dienone is 2. The van der Waals surface area contributed by atoms with Gasteiger partial charge < -0.3 is 0 Å². The first-order valence-electron chi connectivity index (χ1n) is 2.28. The third-order valence-corrected chi connectivity index (χ3v) is 1.15. The minimum Gasteiger partial charge on any atom is -0.294 e. The molecule has 0 N–H and O–H groups in total. The van der Waals surface area contributed by atoms with Gasteiger partial charge in [0.15, 0.2) is 5.78 Å². The highest BCUT2D eigenvalue weighted by Gasteiger charge is 2.21. The average molecular weight is 95.1 g/mol. The highest BCUT2D eigenvalue weighted by Crippen LogP contribution is 2.21. The van der Waals surface area contributed by atoms with Crippen molar-refractivity contribution >= 4 is 5.78 Å². The molecule has 0 unspecified atom stereocenters. The van der Waals surface area contributed by atoms with Gasteiger partial charge in [-0.05, 0) is 19.4 Å². The average Bonchev–Trinajstić information content (AvgIpc) is 1.68. The van der Waals surface area contributed by atoms with Gasteiger partial charge >= 0.3 is 0 Å². The summed E-state index contributed by atoms with van der Waals surface area (Å²) in [5, 5.41) is 0. The highest BCUT2D eigenvalue weighted by atomic mass is 16.1. The molecule has 0 saturated heterocycles. The first-order chi connectivity index (χ1) is 3.22. The lowest BCUT2D eigenvalue weighted by Crippen LogP contribution is -2.17. The second-order valence-electron chi connectivity index (χ2n) is 1.84. The molecule has 1 rings (SSSR count). The minimum absolute atomic E-state index is 0.222. The zero-order valence-electron chi connectivity index (χ0n) is 4.49. The van der Waals surface area contributed by atoms with E-state index in [1.54, 1.807) is 0 Å². The number of hydrogen-bond donors (Lipinski definition) is 0. The van der Waals surface area contributed by atoms with Gasteiger partial charge in [0.25, 0.3) is 0 Å². The quantitative estimate of drug-likeness (QED) is 0.440. The molecule has 0 aromatic carbocycles. The Hall–Kier alpha value is -0.590. The monoisotopic (exact) mass is 95.0 g/mol. The normalized spacial score (nSPS) is 21.4. The van der Waals surface area contributed by atoms with Gasteiger partial charge in [-0.3, -0.25) is 4.79 Å². The Bertz CT molecular complexity index is 133. The van der Waals surface area contributed by atoms with Gasteiger partial charge in [-0.2, -0.15) is 0 Å². The summed E-state index contributed by atoms with van der Waals surface area (Å²) in [4.78, 5) is 10.5. The Balaban J connectivity index is 2.75. The molecule has 1 aliphatic rings. The molecular formula is C6H7O. The summed E-state index contributed by atoms with van der Waals surface area (Å²) < 4.78 is 0. The van der Waals surface area contributed by atoms with E-state index < -0.39 is 0 Å². The number of Topliss-reactive ketones (excluding diaryl/α,β-unsaturated/α-hetero) is 1. The van der Waals surface area contributed by atoms with Crippen molar-refractivity contribution in [1.82, 2.24) is 0 Å². The SMILES string of the molecule is C[C]1C=C(C)C1=O. The van der Waals surface area contributed by atoms with E-state index in [9.17, 15) is 4.79 Å². The fourth-order valence-electron chi connectivity index (χ4n) is 0.689. The van der Waals surface area contributed by atoms with Crippen LogP contribution in [0.15, 0.2) is 11.6 Å². The van der Waals surface area contributed by atoms with Crippen LogP contribution in [0.5, 0.6) is 0 Å². The van der Waals surface area contributed by atoms with Gasteiger partial charge in [0.1, 0.15) is 0 Å². The van der Waals surface area contributed by atoms with Crippen LogP contribution < -0.4 is 0 Å². The van der Waals surface area contributed by atoms with Gasteiger partial charge in [0.2, 0.25) is 0 Å². The maximum absolute atomic E-state index is 10.5. The number of carbonyl (C=O) groups excluding carboxylic acids is 1. The van der Waals surface area contributed by atoms with Crippen LogP contribution in [0.3, 0.4) is 0 Å². The molecule has 0 atom stereocenters. The fourth-order valence-corrected chi connectivity index (χ4v) is 0.689. The zero-order valence-corrected chi connectivity index (χ0v) is 4.49. The second kappa shape index (κ2) is 1.19. The van der Waals surface area contributed by atoms with E-state index >= 15 is 0 Å². The summed E-state index contributed by atoms with van der Waals surface area (Å²) in [5.41, 5.74) is 0.887. The summed E-state index contributed by atoms with van der Waals surface area (Å²) >= 11 is 0. The van der Waals surface area contributed by atoms with Crippen molar-refractivity contribution in [3.63, 3.8) is 0 Å². The lowest BCUT2D eigenvalue weighted by molar-refractivity contribution is -0.114.